The standard InChI is InChI=1S/C21H24N2O3/c1-4-26-19-12-5-16(6-13-19)7-14-20(24)23-18-10-8-17(9-11-18)21(25)22-15(2)3/h5-15H,4H2,1-3H3,(H,22,25)(H,23,24)/b14-7+. The van der Waals surface area contributed by atoms with Crippen molar-refractivity contribution in [2.75, 3.05) is 11.9 Å². The zero-order chi connectivity index (χ0) is 18.9. The van der Waals surface area contributed by atoms with E-state index >= 15 is 0 Å². The van der Waals surface area contributed by atoms with Crippen molar-refractivity contribution in [3.05, 3.63) is 65.7 Å². The Morgan fingerprint density at radius 2 is 1.69 bits per heavy atom. The van der Waals surface area contributed by atoms with Crippen LogP contribution in [0.5, 0.6) is 5.75 Å². The summed E-state index contributed by atoms with van der Waals surface area (Å²) in [6.07, 6.45) is 3.20. The van der Waals surface area contributed by atoms with Gasteiger partial charge in [0.1, 0.15) is 5.75 Å². The highest BCUT2D eigenvalue weighted by Gasteiger charge is 2.07. The molecule has 5 nitrogen and oxygen atoms in total. The summed E-state index contributed by atoms with van der Waals surface area (Å²) in [5.41, 5.74) is 2.10. The molecule has 0 saturated carbocycles. The monoisotopic (exact) mass is 352 g/mol. The van der Waals surface area contributed by atoms with E-state index < -0.39 is 0 Å². The van der Waals surface area contributed by atoms with Crippen molar-refractivity contribution in [1.29, 1.82) is 0 Å². The van der Waals surface area contributed by atoms with Crippen molar-refractivity contribution >= 4 is 23.6 Å². The van der Waals surface area contributed by atoms with Crippen LogP contribution in [0.25, 0.3) is 6.08 Å². The Balaban J connectivity index is 1.91. The molecular formula is C21H24N2O3. The molecule has 0 radical (unpaired) electrons. The summed E-state index contributed by atoms with van der Waals surface area (Å²) < 4.78 is 5.38. The highest BCUT2D eigenvalue weighted by molar-refractivity contribution is 6.02. The Morgan fingerprint density at radius 3 is 2.27 bits per heavy atom. The summed E-state index contributed by atoms with van der Waals surface area (Å²) in [5.74, 6) is 0.433. The zero-order valence-corrected chi connectivity index (χ0v) is 15.3. The molecule has 0 atom stereocenters. The van der Waals surface area contributed by atoms with Gasteiger partial charge in [-0.15, -0.1) is 0 Å². The molecule has 0 spiro atoms. The molecule has 26 heavy (non-hydrogen) atoms. The van der Waals surface area contributed by atoms with Crippen LogP contribution < -0.4 is 15.4 Å². The fraction of sp³-hybridized carbons (Fsp3) is 0.238. The molecule has 0 aliphatic heterocycles. The molecule has 0 bridgehead atoms. The summed E-state index contributed by atoms with van der Waals surface area (Å²) in [6, 6.07) is 14.4. The quantitative estimate of drug-likeness (QED) is 0.743. The molecule has 2 rings (SSSR count). The first-order valence-corrected chi connectivity index (χ1v) is 8.60. The van der Waals surface area contributed by atoms with E-state index in [0.29, 0.717) is 17.9 Å². The molecular weight excluding hydrogens is 328 g/mol. The minimum Gasteiger partial charge on any atom is -0.494 e. The van der Waals surface area contributed by atoms with Gasteiger partial charge in [0, 0.05) is 23.4 Å². The van der Waals surface area contributed by atoms with E-state index in [1.54, 1.807) is 30.3 Å². The number of carbonyl (C=O) groups is 2. The Hall–Kier alpha value is -3.08. The number of anilines is 1. The lowest BCUT2D eigenvalue weighted by Gasteiger charge is -2.09. The number of carbonyl (C=O) groups excluding carboxylic acids is 2. The topological polar surface area (TPSA) is 67.4 Å². The molecule has 2 aromatic rings. The molecule has 0 heterocycles. The molecule has 0 saturated heterocycles. The van der Waals surface area contributed by atoms with Gasteiger partial charge in [0.25, 0.3) is 5.91 Å². The van der Waals surface area contributed by atoms with E-state index in [1.807, 2.05) is 45.0 Å². The van der Waals surface area contributed by atoms with Crippen molar-refractivity contribution < 1.29 is 14.3 Å². The smallest absolute Gasteiger partial charge is 0.251 e. The van der Waals surface area contributed by atoms with Crippen LogP contribution in [0.15, 0.2) is 54.6 Å². The molecule has 2 N–H and O–H groups in total. The van der Waals surface area contributed by atoms with E-state index in [4.69, 9.17) is 4.74 Å². The zero-order valence-electron chi connectivity index (χ0n) is 15.3. The first-order valence-electron chi connectivity index (χ1n) is 8.60. The average molecular weight is 352 g/mol. The molecule has 0 aliphatic rings. The van der Waals surface area contributed by atoms with Crippen LogP contribution in [0.1, 0.15) is 36.7 Å². The Labute approximate surface area is 154 Å². The van der Waals surface area contributed by atoms with Crippen LogP contribution in [0.3, 0.4) is 0 Å². The number of amides is 2. The summed E-state index contributed by atoms with van der Waals surface area (Å²) in [4.78, 5) is 23.9. The first-order chi connectivity index (χ1) is 12.5. The van der Waals surface area contributed by atoms with Gasteiger partial charge >= 0.3 is 0 Å². The maximum absolute atomic E-state index is 12.0. The maximum atomic E-state index is 12.0. The second kappa shape index (κ2) is 9.42. The summed E-state index contributed by atoms with van der Waals surface area (Å²) in [7, 11) is 0. The van der Waals surface area contributed by atoms with Gasteiger partial charge in [-0.3, -0.25) is 9.59 Å². The Morgan fingerprint density at radius 1 is 1.04 bits per heavy atom. The molecule has 0 unspecified atom stereocenters. The molecule has 136 valence electrons. The average Bonchev–Trinajstić information content (AvgIpc) is 2.61. The van der Waals surface area contributed by atoms with Gasteiger partial charge in [-0.05, 0) is 68.8 Å². The van der Waals surface area contributed by atoms with Crippen LogP contribution in [-0.2, 0) is 4.79 Å². The van der Waals surface area contributed by atoms with E-state index in [1.165, 1.54) is 6.08 Å². The van der Waals surface area contributed by atoms with Gasteiger partial charge in [-0.2, -0.15) is 0 Å². The minimum absolute atomic E-state index is 0.0783. The molecule has 5 heteroatoms. The molecule has 0 aromatic heterocycles. The summed E-state index contributed by atoms with van der Waals surface area (Å²) in [6.45, 7) is 6.36. The van der Waals surface area contributed by atoms with Crippen LogP contribution in [0, 0.1) is 0 Å². The maximum Gasteiger partial charge on any atom is 0.251 e. The molecule has 2 aromatic carbocycles. The number of hydrogen-bond acceptors (Lipinski definition) is 3. The third-order valence-electron chi connectivity index (χ3n) is 3.45. The van der Waals surface area contributed by atoms with E-state index in [2.05, 4.69) is 10.6 Å². The van der Waals surface area contributed by atoms with Crippen LogP contribution in [-0.4, -0.2) is 24.5 Å². The van der Waals surface area contributed by atoms with Crippen molar-refractivity contribution in [3.8, 4) is 5.75 Å². The number of rotatable bonds is 7. The third-order valence-corrected chi connectivity index (χ3v) is 3.45. The van der Waals surface area contributed by atoms with Crippen LogP contribution in [0.2, 0.25) is 0 Å². The second-order valence-electron chi connectivity index (χ2n) is 6.03. The van der Waals surface area contributed by atoms with Crippen LogP contribution >= 0.6 is 0 Å². The fourth-order valence-electron chi connectivity index (χ4n) is 2.25. The fourth-order valence-corrected chi connectivity index (χ4v) is 2.25. The largest absolute Gasteiger partial charge is 0.494 e. The molecule has 0 fully saturated rings. The lowest BCUT2D eigenvalue weighted by Crippen LogP contribution is -2.29. The molecule has 0 aliphatic carbocycles. The minimum atomic E-state index is -0.238. The van der Waals surface area contributed by atoms with Gasteiger partial charge in [0.05, 0.1) is 6.61 Å². The van der Waals surface area contributed by atoms with Crippen molar-refractivity contribution in [2.45, 2.75) is 26.8 Å². The van der Waals surface area contributed by atoms with Crippen molar-refractivity contribution in [3.63, 3.8) is 0 Å². The van der Waals surface area contributed by atoms with Gasteiger partial charge in [0.2, 0.25) is 5.91 Å². The number of hydrogen-bond donors (Lipinski definition) is 2. The van der Waals surface area contributed by atoms with Crippen molar-refractivity contribution in [1.82, 2.24) is 5.32 Å². The molecule has 2 amide bonds. The SMILES string of the molecule is CCOc1ccc(/C=C/C(=O)Nc2ccc(C(=O)NC(C)C)cc2)cc1. The van der Waals surface area contributed by atoms with Gasteiger partial charge in [-0.25, -0.2) is 0 Å². The van der Waals surface area contributed by atoms with E-state index in [9.17, 15) is 9.59 Å². The van der Waals surface area contributed by atoms with E-state index in [-0.39, 0.29) is 17.9 Å². The lowest BCUT2D eigenvalue weighted by molar-refractivity contribution is -0.111. The Kier molecular flexibility index (Phi) is 6.97. The highest BCUT2D eigenvalue weighted by atomic mass is 16.5. The van der Waals surface area contributed by atoms with Gasteiger partial charge in [-0.1, -0.05) is 12.1 Å². The van der Waals surface area contributed by atoms with Crippen LogP contribution in [0.4, 0.5) is 5.69 Å². The van der Waals surface area contributed by atoms with Crippen molar-refractivity contribution in [2.24, 2.45) is 0 Å². The van der Waals surface area contributed by atoms with Gasteiger partial charge < -0.3 is 15.4 Å². The predicted octanol–water partition coefficient (Wildman–Crippen LogP) is 3.88. The van der Waals surface area contributed by atoms with Gasteiger partial charge in [0.15, 0.2) is 0 Å². The first kappa shape index (κ1) is 19.2. The lowest BCUT2D eigenvalue weighted by atomic mass is 10.1. The number of ether oxygens (including phenoxy) is 1. The Bertz CT molecular complexity index is 763. The van der Waals surface area contributed by atoms with E-state index in [0.717, 1.165) is 11.3 Å². The number of nitrogens with one attached hydrogen (secondary N) is 2. The summed E-state index contributed by atoms with van der Waals surface area (Å²) >= 11 is 0. The second-order valence-corrected chi connectivity index (χ2v) is 6.03. The predicted molar refractivity (Wildman–Crippen MR) is 104 cm³/mol. The normalized spacial score (nSPS) is 10.8. The number of benzene rings is 2. The third kappa shape index (κ3) is 6.09. The summed E-state index contributed by atoms with van der Waals surface area (Å²) in [5, 5.41) is 5.59. The highest BCUT2D eigenvalue weighted by Crippen LogP contribution is 2.14.